The molecule has 0 aromatic heterocycles. The third kappa shape index (κ3) is 2.53. The zero-order chi connectivity index (χ0) is 10.8. The predicted molar refractivity (Wildman–Crippen MR) is 63.6 cm³/mol. The number of nitrogens with zero attached hydrogens (tertiary/aromatic N) is 1. The van der Waals surface area contributed by atoms with E-state index < -0.39 is 0 Å². The summed E-state index contributed by atoms with van der Waals surface area (Å²) in [7, 11) is 0. The van der Waals surface area contributed by atoms with Gasteiger partial charge in [0.1, 0.15) is 0 Å². The average molecular weight is 206 g/mol. The summed E-state index contributed by atoms with van der Waals surface area (Å²) in [5.41, 5.74) is 0. The van der Waals surface area contributed by atoms with E-state index >= 15 is 0 Å². The maximum Gasteiger partial charge on any atom is 0.0240 e. The van der Waals surface area contributed by atoms with Crippen LogP contribution in [0.3, 0.4) is 0 Å². The van der Waals surface area contributed by atoms with Gasteiger partial charge in [0.05, 0.1) is 0 Å². The lowest BCUT2D eigenvalue weighted by Gasteiger charge is -2.42. The fourth-order valence-corrected chi connectivity index (χ4v) is 2.63. The summed E-state index contributed by atoms with van der Waals surface area (Å²) in [4.78, 5) is 2.58. The minimum atomic E-state index is 0.536. The van der Waals surface area contributed by atoms with Crippen LogP contribution in [-0.4, -0.2) is 36.1 Å². The van der Waals surface area contributed by atoms with Crippen LogP contribution in [-0.2, 0) is 0 Å². The first-order valence-electron chi connectivity index (χ1n) is 6.15. The van der Waals surface area contributed by atoms with Crippen molar-refractivity contribution >= 4 is 0 Å². The van der Waals surface area contributed by atoms with Crippen molar-refractivity contribution in [3.05, 3.63) is 0 Å². The number of rotatable bonds is 3. The van der Waals surface area contributed by atoms with Crippen molar-refractivity contribution in [1.29, 1.82) is 0 Å². The second kappa shape index (κ2) is 4.55. The van der Waals surface area contributed by atoms with Gasteiger partial charge in [-0.1, -0.05) is 0 Å². The van der Waals surface area contributed by atoms with Crippen molar-refractivity contribution in [2.75, 3.05) is 13.1 Å². The molecule has 1 saturated carbocycles. The zero-order valence-corrected chi connectivity index (χ0v) is 9.87. The van der Waals surface area contributed by atoms with E-state index in [0.717, 1.165) is 24.9 Å². The third-order valence-corrected chi connectivity index (χ3v) is 3.82. The summed E-state index contributed by atoms with van der Waals surface area (Å²) >= 11 is 0. The van der Waals surface area contributed by atoms with E-state index in [0.29, 0.717) is 12.1 Å². The van der Waals surface area contributed by atoms with Crippen LogP contribution in [0.25, 0.3) is 0 Å². The Kier molecular flexibility index (Phi) is 3.33. The Balaban J connectivity index is 1.92. The third-order valence-electron chi connectivity index (χ3n) is 3.82. The minimum Gasteiger partial charge on any atom is -0.311 e. The van der Waals surface area contributed by atoms with Crippen LogP contribution in [0.2, 0.25) is 0 Å². The van der Waals surface area contributed by atoms with Crippen LogP contribution in [0.5, 0.6) is 0 Å². The summed E-state index contributed by atoms with van der Waals surface area (Å²) in [6.07, 6.45) is 9.11. The lowest BCUT2D eigenvalue weighted by atomic mass is 10.0. The summed E-state index contributed by atoms with van der Waals surface area (Å²) < 4.78 is 0. The predicted octanol–water partition coefficient (Wildman–Crippen LogP) is 1.47. The Morgan fingerprint density at radius 3 is 2.87 bits per heavy atom. The van der Waals surface area contributed by atoms with Crippen molar-refractivity contribution in [1.82, 2.24) is 10.2 Å². The van der Waals surface area contributed by atoms with Crippen molar-refractivity contribution in [3.63, 3.8) is 0 Å². The molecule has 0 spiro atoms. The fourth-order valence-electron chi connectivity index (χ4n) is 2.63. The molecule has 1 aliphatic carbocycles. The highest BCUT2D eigenvalue weighted by atomic mass is 15.2. The van der Waals surface area contributed by atoms with Crippen molar-refractivity contribution < 1.29 is 0 Å². The van der Waals surface area contributed by atoms with E-state index in [9.17, 15) is 0 Å². The molecule has 84 valence electrons. The lowest BCUT2D eigenvalue weighted by Crippen LogP contribution is -2.58. The molecule has 2 rings (SSSR count). The van der Waals surface area contributed by atoms with Gasteiger partial charge in [-0.05, 0) is 32.6 Å². The van der Waals surface area contributed by atoms with Gasteiger partial charge < -0.3 is 5.32 Å². The topological polar surface area (TPSA) is 15.3 Å². The Morgan fingerprint density at radius 2 is 2.27 bits per heavy atom. The maximum atomic E-state index is 5.40. The monoisotopic (exact) mass is 206 g/mol. The normalized spacial score (nSPS) is 34.7. The quantitative estimate of drug-likeness (QED) is 0.704. The smallest absolute Gasteiger partial charge is 0.0240 e. The molecule has 0 aromatic carbocycles. The summed E-state index contributed by atoms with van der Waals surface area (Å²) in [5, 5.41) is 3.66. The molecular formula is C13H22N2. The summed E-state index contributed by atoms with van der Waals surface area (Å²) in [6.45, 7) is 6.86. The number of hydrogen-bond acceptors (Lipinski definition) is 2. The van der Waals surface area contributed by atoms with Crippen molar-refractivity contribution in [2.45, 2.75) is 51.2 Å². The maximum absolute atomic E-state index is 5.40. The van der Waals surface area contributed by atoms with Gasteiger partial charge in [0.25, 0.3) is 0 Å². The second-order valence-electron chi connectivity index (χ2n) is 5.16. The van der Waals surface area contributed by atoms with Crippen molar-refractivity contribution in [2.24, 2.45) is 5.92 Å². The van der Waals surface area contributed by atoms with E-state index in [-0.39, 0.29) is 0 Å². The second-order valence-corrected chi connectivity index (χ2v) is 5.16. The highest BCUT2D eigenvalue weighted by Gasteiger charge is 2.37. The van der Waals surface area contributed by atoms with E-state index in [4.69, 9.17) is 6.42 Å². The molecule has 0 aromatic rings. The number of hydrogen-bond donors (Lipinski definition) is 1. The highest BCUT2D eigenvalue weighted by Crippen LogP contribution is 2.34. The molecule has 2 aliphatic rings. The average Bonchev–Trinajstić information content (AvgIpc) is 3.02. The first kappa shape index (κ1) is 11.0. The molecular weight excluding hydrogens is 184 g/mol. The van der Waals surface area contributed by atoms with Gasteiger partial charge in [0.2, 0.25) is 0 Å². The highest BCUT2D eigenvalue weighted by molar-refractivity contribution is 4.97. The molecule has 1 N–H and O–H groups in total. The fraction of sp³-hybridized carbons (Fsp3) is 0.846. The molecule has 3 atom stereocenters. The van der Waals surface area contributed by atoms with E-state index in [2.05, 4.69) is 30.0 Å². The standard InChI is InChI=1S/C13H22N2/c1-4-5-10(2)15-9-13(12-6-7-12)14-8-11(15)3/h1,10-14H,5-9H2,2-3H3. The van der Waals surface area contributed by atoms with Gasteiger partial charge in [0, 0.05) is 37.6 Å². The van der Waals surface area contributed by atoms with Crippen LogP contribution in [0, 0.1) is 18.3 Å². The Bertz CT molecular complexity index is 252. The first-order chi connectivity index (χ1) is 7.22. The molecule has 2 nitrogen and oxygen atoms in total. The SMILES string of the molecule is C#CCC(C)N1CC(C2CC2)NCC1C. The Labute approximate surface area is 93.4 Å². The van der Waals surface area contributed by atoms with E-state index in [1.165, 1.54) is 19.4 Å². The van der Waals surface area contributed by atoms with Crippen LogP contribution in [0.1, 0.15) is 33.1 Å². The molecule has 15 heavy (non-hydrogen) atoms. The van der Waals surface area contributed by atoms with Crippen LogP contribution in [0.4, 0.5) is 0 Å². The summed E-state index contributed by atoms with van der Waals surface area (Å²) in [5.74, 6) is 3.73. The Morgan fingerprint density at radius 1 is 1.53 bits per heavy atom. The lowest BCUT2D eigenvalue weighted by molar-refractivity contribution is 0.0946. The van der Waals surface area contributed by atoms with Gasteiger partial charge in [-0.2, -0.15) is 0 Å². The van der Waals surface area contributed by atoms with Crippen LogP contribution in [0.15, 0.2) is 0 Å². The molecule has 1 heterocycles. The molecule has 0 radical (unpaired) electrons. The Hall–Kier alpha value is -0.520. The van der Waals surface area contributed by atoms with Crippen LogP contribution >= 0.6 is 0 Å². The molecule has 3 unspecified atom stereocenters. The number of terminal acetylenes is 1. The summed E-state index contributed by atoms with van der Waals surface area (Å²) in [6, 6.07) is 1.89. The first-order valence-corrected chi connectivity index (χ1v) is 6.15. The van der Waals surface area contributed by atoms with Gasteiger partial charge in [-0.15, -0.1) is 12.3 Å². The molecule has 2 fully saturated rings. The zero-order valence-electron chi connectivity index (χ0n) is 9.87. The van der Waals surface area contributed by atoms with Crippen LogP contribution < -0.4 is 5.32 Å². The largest absolute Gasteiger partial charge is 0.311 e. The van der Waals surface area contributed by atoms with E-state index in [1.807, 2.05) is 0 Å². The van der Waals surface area contributed by atoms with E-state index in [1.54, 1.807) is 0 Å². The van der Waals surface area contributed by atoms with Gasteiger partial charge in [-0.3, -0.25) is 4.90 Å². The number of nitrogens with one attached hydrogen (secondary N) is 1. The molecule has 0 bridgehead atoms. The molecule has 0 amide bonds. The molecule has 1 aliphatic heterocycles. The minimum absolute atomic E-state index is 0.536. The number of piperazine rings is 1. The van der Waals surface area contributed by atoms with Gasteiger partial charge in [-0.25, -0.2) is 0 Å². The van der Waals surface area contributed by atoms with Gasteiger partial charge >= 0.3 is 0 Å². The molecule has 1 saturated heterocycles. The van der Waals surface area contributed by atoms with Gasteiger partial charge in [0.15, 0.2) is 0 Å². The molecule has 2 heteroatoms. The van der Waals surface area contributed by atoms with Crippen molar-refractivity contribution in [3.8, 4) is 12.3 Å².